The van der Waals surface area contributed by atoms with Gasteiger partial charge in [-0.15, -0.1) is 11.3 Å². The average Bonchev–Trinajstić information content (AvgIpc) is 3.16. The monoisotopic (exact) mass is 345 g/mol. The predicted molar refractivity (Wildman–Crippen MR) is 92.1 cm³/mol. The van der Waals surface area contributed by atoms with Crippen molar-refractivity contribution in [2.75, 3.05) is 20.3 Å². The summed E-state index contributed by atoms with van der Waals surface area (Å²) in [4.78, 5) is 28.9. The van der Waals surface area contributed by atoms with Gasteiger partial charge in [-0.2, -0.15) is 0 Å². The van der Waals surface area contributed by atoms with Crippen molar-refractivity contribution in [1.29, 1.82) is 0 Å². The third kappa shape index (κ3) is 3.24. The van der Waals surface area contributed by atoms with Crippen molar-refractivity contribution in [2.24, 2.45) is 0 Å². The molecule has 4 nitrogen and oxygen atoms in total. The van der Waals surface area contributed by atoms with Gasteiger partial charge in [-0.25, -0.2) is 0 Å². The fraction of sp³-hybridized carbons (Fsp3) is 0.176. The van der Waals surface area contributed by atoms with Gasteiger partial charge < -0.3 is 4.74 Å². The second-order valence-electron chi connectivity index (χ2n) is 4.85. The van der Waals surface area contributed by atoms with Gasteiger partial charge in [0.2, 0.25) is 0 Å². The van der Waals surface area contributed by atoms with Crippen LogP contribution in [0.2, 0.25) is 0 Å². The van der Waals surface area contributed by atoms with Crippen LogP contribution in [-0.2, 0) is 14.3 Å². The van der Waals surface area contributed by atoms with Gasteiger partial charge in [0, 0.05) is 16.9 Å². The first-order valence-electron chi connectivity index (χ1n) is 7.08. The number of carbonyl (C=O) groups is 2. The van der Waals surface area contributed by atoms with Crippen molar-refractivity contribution in [2.45, 2.75) is 4.90 Å². The minimum absolute atomic E-state index is 0.243. The van der Waals surface area contributed by atoms with Crippen LogP contribution in [0.15, 0.2) is 57.6 Å². The molecule has 0 saturated carbocycles. The standard InChI is InChI=1S/C17H15NO3S2/c1-21-10-9-18-16(19)14(13-8-5-11-22-13)15(17(18)20)23-12-6-3-2-4-7-12/h2-8,11H,9-10H2,1H3. The molecule has 3 rings (SSSR count). The van der Waals surface area contributed by atoms with E-state index in [1.165, 1.54) is 28.0 Å². The van der Waals surface area contributed by atoms with Gasteiger partial charge in [0.15, 0.2) is 0 Å². The van der Waals surface area contributed by atoms with Crippen LogP contribution in [-0.4, -0.2) is 37.0 Å². The summed E-state index contributed by atoms with van der Waals surface area (Å²) in [7, 11) is 1.55. The summed E-state index contributed by atoms with van der Waals surface area (Å²) in [5, 5.41) is 1.91. The molecule has 0 atom stereocenters. The highest BCUT2D eigenvalue weighted by atomic mass is 32.2. The normalized spacial score (nSPS) is 14.9. The highest BCUT2D eigenvalue weighted by Crippen LogP contribution is 2.40. The highest BCUT2D eigenvalue weighted by Gasteiger charge is 2.39. The minimum Gasteiger partial charge on any atom is -0.383 e. The van der Waals surface area contributed by atoms with Crippen LogP contribution in [0.4, 0.5) is 0 Å². The van der Waals surface area contributed by atoms with Gasteiger partial charge in [-0.05, 0) is 23.6 Å². The first-order valence-corrected chi connectivity index (χ1v) is 8.78. The Kier molecular flexibility index (Phi) is 4.95. The second-order valence-corrected chi connectivity index (χ2v) is 6.88. The number of hydrogen-bond donors (Lipinski definition) is 0. The molecular formula is C17H15NO3S2. The number of benzene rings is 1. The second kappa shape index (κ2) is 7.12. The summed E-state index contributed by atoms with van der Waals surface area (Å²) in [6, 6.07) is 13.4. The molecule has 0 radical (unpaired) electrons. The molecule has 0 aliphatic carbocycles. The maximum Gasteiger partial charge on any atom is 0.268 e. The van der Waals surface area contributed by atoms with E-state index in [2.05, 4.69) is 0 Å². The molecule has 0 spiro atoms. The van der Waals surface area contributed by atoms with Gasteiger partial charge in [0.05, 0.1) is 23.6 Å². The lowest BCUT2D eigenvalue weighted by atomic mass is 10.2. The van der Waals surface area contributed by atoms with Crippen LogP contribution in [0.5, 0.6) is 0 Å². The Morgan fingerprint density at radius 1 is 1.09 bits per heavy atom. The van der Waals surface area contributed by atoms with Crippen molar-refractivity contribution < 1.29 is 14.3 Å². The molecule has 2 amide bonds. The molecule has 0 fully saturated rings. The molecule has 0 N–H and O–H groups in total. The summed E-state index contributed by atoms with van der Waals surface area (Å²) in [5.41, 5.74) is 0.495. The summed E-state index contributed by atoms with van der Waals surface area (Å²) in [5.74, 6) is -0.489. The number of thioether (sulfide) groups is 1. The number of carbonyl (C=O) groups excluding carboxylic acids is 2. The lowest BCUT2D eigenvalue weighted by Crippen LogP contribution is -2.34. The number of amides is 2. The number of rotatable bonds is 6. The van der Waals surface area contributed by atoms with Gasteiger partial charge in [-0.3, -0.25) is 14.5 Å². The number of ether oxygens (including phenoxy) is 1. The average molecular weight is 345 g/mol. The number of nitrogens with zero attached hydrogens (tertiary/aromatic N) is 1. The van der Waals surface area contributed by atoms with E-state index in [1.54, 1.807) is 7.11 Å². The Hall–Kier alpha value is -1.89. The zero-order valence-corrected chi connectivity index (χ0v) is 14.2. The number of imide groups is 1. The van der Waals surface area contributed by atoms with Crippen molar-refractivity contribution in [3.05, 3.63) is 57.6 Å². The number of methoxy groups -OCH3 is 1. The Labute approximate surface area is 142 Å². The summed E-state index contributed by atoms with van der Waals surface area (Å²) in [6.07, 6.45) is 0. The maximum absolute atomic E-state index is 12.7. The van der Waals surface area contributed by atoms with Crippen LogP contribution in [0, 0.1) is 0 Å². The molecule has 1 aromatic heterocycles. The van der Waals surface area contributed by atoms with Crippen molar-refractivity contribution in [1.82, 2.24) is 4.90 Å². The van der Waals surface area contributed by atoms with Gasteiger partial charge in [0.25, 0.3) is 11.8 Å². The molecule has 1 aliphatic rings. The molecule has 0 saturated heterocycles. The van der Waals surface area contributed by atoms with Gasteiger partial charge in [0.1, 0.15) is 0 Å². The molecule has 2 aromatic rings. The van der Waals surface area contributed by atoms with E-state index in [1.807, 2.05) is 47.8 Å². The van der Waals surface area contributed by atoms with E-state index in [-0.39, 0.29) is 18.4 Å². The van der Waals surface area contributed by atoms with E-state index < -0.39 is 0 Å². The van der Waals surface area contributed by atoms with E-state index in [4.69, 9.17) is 4.74 Å². The van der Waals surface area contributed by atoms with Crippen molar-refractivity contribution in [3.63, 3.8) is 0 Å². The van der Waals surface area contributed by atoms with Crippen LogP contribution < -0.4 is 0 Å². The topological polar surface area (TPSA) is 46.6 Å². The third-order valence-electron chi connectivity index (χ3n) is 3.38. The lowest BCUT2D eigenvalue weighted by Gasteiger charge is -2.13. The first-order chi connectivity index (χ1) is 11.2. The van der Waals surface area contributed by atoms with E-state index in [0.29, 0.717) is 17.1 Å². The van der Waals surface area contributed by atoms with Crippen LogP contribution in [0.1, 0.15) is 4.88 Å². The summed E-state index contributed by atoms with van der Waals surface area (Å²) < 4.78 is 5.01. The lowest BCUT2D eigenvalue weighted by molar-refractivity contribution is -0.137. The Morgan fingerprint density at radius 2 is 1.87 bits per heavy atom. The van der Waals surface area contributed by atoms with Crippen LogP contribution in [0.25, 0.3) is 5.57 Å². The zero-order chi connectivity index (χ0) is 16.2. The molecule has 6 heteroatoms. The highest BCUT2D eigenvalue weighted by molar-refractivity contribution is 8.04. The summed E-state index contributed by atoms with van der Waals surface area (Å²) in [6.45, 7) is 0.598. The van der Waals surface area contributed by atoms with Gasteiger partial charge in [-0.1, -0.05) is 36.0 Å². The SMILES string of the molecule is COCCN1C(=O)C(Sc2ccccc2)=C(c2cccs2)C1=O. The molecule has 0 unspecified atom stereocenters. The van der Waals surface area contributed by atoms with E-state index in [9.17, 15) is 9.59 Å². The molecular weight excluding hydrogens is 330 g/mol. The number of hydrogen-bond acceptors (Lipinski definition) is 5. The zero-order valence-electron chi connectivity index (χ0n) is 12.5. The smallest absolute Gasteiger partial charge is 0.268 e. The molecule has 0 bridgehead atoms. The Balaban J connectivity index is 1.98. The quantitative estimate of drug-likeness (QED) is 0.754. The van der Waals surface area contributed by atoms with Crippen LogP contribution in [0.3, 0.4) is 0 Å². The minimum atomic E-state index is -0.246. The maximum atomic E-state index is 12.7. The van der Waals surface area contributed by atoms with E-state index in [0.717, 1.165) is 9.77 Å². The van der Waals surface area contributed by atoms with Gasteiger partial charge >= 0.3 is 0 Å². The predicted octanol–water partition coefficient (Wildman–Crippen LogP) is 3.27. The Morgan fingerprint density at radius 3 is 2.52 bits per heavy atom. The summed E-state index contributed by atoms with van der Waals surface area (Å²) >= 11 is 2.80. The molecule has 1 aliphatic heterocycles. The Bertz CT molecular complexity index is 738. The third-order valence-corrected chi connectivity index (χ3v) is 5.35. The molecule has 118 valence electrons. The van der Waals surface area contributed by atoms with Crippen LogP contribution >= 0.6 is 23.1 Å². The van der Waals surface area contributed by atoms with E-state index >= 15 is 0 Å². The fourth-order valence-electron chi connectivity index (χ4n) is 2.28. The number of thiophene rings is 1. The largest absolute Gasteiger partial charge is 0.383 e. The van der Waals surface area contributed by atoms with Crippen molar-refractivity contribution >= 4 is 40.5 Å². The first kappa shape index (κ1) is 16.0. The molecule has 1 aromatic carbocycles. The molecule has 23 heavy (non-hydrogen) atoms. The van der Waals surface area contributed by atoms with Crippen molar-refractivity contribution in [3.8, 4) is 0 Å². The molecule has 2 heterocycles. The fourth-order valence-corrected chi connectivity index (χ4v) is 4.14.